The Bertz CT molecular complexity index is 809. The molecule has 32 heavy (non-hydrogen) atoms. The minimum absolute atomic E-state index is 0.0998. The number of rotatable bonds is 8. The normalized spacial score (nSPS) is 21.0. The van der Waals surface area contributed by atoms with Crippen molar-refractivity contribution in [3.05, 3.63) is 24.3 Å². The number of carbonyl (C=O) groups excluding carboxylic acids is 3. The minimum atomic E-state index is -0.599. The average Bonchev–Trinajstić information content (AvgIpc) is 3.32. The van der Waals surface area contributed by atoms with Gasteiger partial charge in [0.05, 0.1) is 18.8 Å². The highest BCUT2D eigenvalue weighted by Gasteiger charge is 2.41. The zero-order valence-electron chi connectivity index (χ0n) is 19.4. The lowest BCUT2D eigenvalue weighted by atomic mass is 9.83. The van der Waals surface area contributed by atoms with Gasteiger partial charge in [0.15, 0.2) is 0 Å². The number of methoxy groups -OCH3 is 1. The van der Waals surface area contributed by atoms with E-state index in [-0.39, 0.29) is 23.6 Å². The molecule has 0 unspecified atom stereocenters. The molecule has 1 aliphatic heterocycles. The smallest absolute Gasteiger partial charge is 0.247 e. The van der Waals surface area contributed by atoms with E-state index in [1.165, 1.54) is 0 Å². The predicted octanol–water partition coefficient (Wildman–Crippen LogP) is 2.30. The van der Waals surface area contributed by atoms with Crippen LogP contribution >= 0.6 is 0 Å². The van der Waals surface area contributed by atoms with Gasteiger partial charge < -0.3 is 25.6 Å². The second kappa shape index (κ2) is 11.3. The van der Waals surface area contributed by atoms with Crippen molar-refractivity contribution in [2.45, 2.75) is 70.0 Å². The number of hydrogen-bond donors (Lipinski definition) is 3. The number of nitrogens with one attached hydrogen (secondary N) is 3. The fourth-order valence-corrected chi connectivity index (χ4v) is 4.70. The van der Waals surface area contributed by atoms with Gasteiger partial charge in [-0.05, 0) is 57.7 Å². The van der Waals surface area contributed by atoms with Crippen LogP contribution in [-0.4, -0.2) is 61.4 Å². The molecule has 3 N–H and O–H groups in total. The standard InChI is InChI=1S/C24H36N4O4/c1-16(25-2)22(29)27-21(17-10-5-4-6-11-17)24(31)28-15-9-13-19(28)23(30)26-18-12-7-8-14-20(18)32-3/h7-8,12,14,16-17,19,21,25H,4-6,9-11,13,15H2,1-3H3,(H,26,30)(H,27,29)/t16-,19-,21-/m0/s1. The maximum Gasteiger partial charge on any atom is 0.247 e. The maximum absolute atomic E-state index is 13.7. The first-order chi connectivity index (χ1) is 15.5. The van der Waals surface area contributed by atoms with Crippen molar-refractivity contribution < 1.29 is 19.1 Å². The van der Waals surface area contributed by atoms with Crippen LogP contribution in [0.15, 0.2) is 24.3 Å². The molecule has 3 amide bonds. The molecule has 0 spiro atoms. The highest BCUT2D eigenvalue weighted by Crippen LogP contribution is 2.30. The largest absolute Gasteiger partial charge is 0.495 e. The van der Waals surface area contributed by atoms with E-state index in [9.17, 15) is 14.4 Å². The second-order valence-corrected chi connectivity index (χ2v) is 8.77. The van der Waals surface area contributed by atoms with Crippen molar-refractivity contribution in [1.82, 2.24) is 15.5 Å². The number of anilines is 1. The summed E-state index contributed by atoms with van der Waals surface area (Å²) in [5.74, 6) is 0.113. The van der Waals surface area contributed by atoms with Crippen molar-refractivity contribution >= 4 is 23.4 Å². The molecule has 1 aliphatic carbocycles. The van der Waals surface area contributed by atoms with Gasteiger partial charge in [-0.3, -0.25) is 14.4 Å². The van der Waals surface area contributed by atoms with Crippen LogP contribution in [0.1, 0.15) is 51.9 Å². The Labute approximate surface area is 190 Å². The van der Waals surface area contributed by atoms with E-state index >= 15 is 0 Å². The molecule has 2 aliphatic rings. The summed E-state index contributed by atoms with van der Waals surface area (Å²) < 4.78 is 5.33. The summed E-state index contributed by atoms with van der Waals surface area (Å²) in [4.78, 5) is 41.1. The van der Waals surface area contributed by atoms with E-state index in [0.717, 1.165) is 38.5 Å². The van der Waals surface area contributed by atoms with Crippen LogP contribution in [0.5, 0.6) is 5.75 Å². The third-order valence-corrected chi connectivity index (χ3v) is 6.71. The van der Waals surface area contributed by atoms with E-state index in [1.807, 2.05) is 12.1 Å². The van der Waals surface area contributed by atoms with Crippen LogP contribution in [-0.2, 0) is 14.4 Å². The quantitative estimate of drug-likeness (QED) is 0.571. The number of para-hydroxylation sites is 2. The zero-order chi connectivity index (χ0) is 23.1. The van der Waals surface area contributed by atoms with Crippen molar-refractivity contribution in [2.24, 2.45) is 5.92 Å². The molecule has 2 fully saturated rings. The summed E-state index contributed by atoms with van der Waals surface area (Å²) in [6.45, 7) is 2.29. The molecule has 1 aromatic rings. The fraction of sp³-hybridized carbons (Fsp3) is 0.625. The molecule has 0 radical (unpaired) electrons. The molecule has 8 nitrogen and oxygen atoms in total. The Hall–Kier alpha value is -2.61. The Balaban J connectivity index is 1.76. The summed E-state index contributed by atoms with van der Waals surface area (Å²) in [5.41, 5.74) is 0.583. The molecule has 0 bridgehead atoms. The fourth-order valence-electron chi connectivity index (χ4n) is 4.70. The van der Waals surface area contributed by atoms with E-state index in [1.54, 1.807) is 38.1 Å². The highest BCUT2D eigenvalue weighted by molar-refractivity contribution is 5.99. The number of hydrogen-bond acceptors (Lipinski definition) is 5. The Morgan fingerprint density at radius 3 is 2.47 bits per heavy atom. The minimum Gasteiger partial charge on any atom is -0.495 e. The lowest BCUT2D eigenvalue weighted by Gasteiger charge is -2.35. The first-order valence-electron chi connectivity index (χ1n) is 11.7. The average molecular weight is 445 g/mol. The van der Waals surface area contributed by atoms with Crippen molar-refractivity contribution in [3.63, 3.8) is 0 Å². The van der Waals surface area contributed by atoms with Gasteiger partial charge in [-0.15, -0.1) is 0 Å². The van der Waals surface area contributed by atoms with E-state index in [0.29, 0.717) is 24.4 Å². The molecule has 1 heterocycles. The van der Waals surface area contributed by atoms with Gasteiger partial charge in [0.25, 0.3) is 0 Å². The number of carbonyl (C=O) groups is 3. The molecule has 1 aromatic carbocycles. The number of nitrogens with zero attached hydrogens (tertiary/aromatic N) is 1. The lowest BCUT2D eigenvalue weighted by molar-refractivity contribution is -0.142. The van der Waals surface area contributed by atoms with Gasteiger partial charge in [-0.2, -0.15) is 0 Å². The topological polar surface area (TPSA) is 99.8 Å². The first kappa shape index (κ1) is 24.0. The van der Waals surface area contributed by atoms with Crippen molar-refractivity contribution in [2.75, 3.05) is 26.0 Å². The molecule has 176 valence electrons. The van der Waals surface area contributed by atoms with E-state index < -0.39 is 18.1 Å². The van der Waals surface area contributed by atoms with Gasteiger partial charge in [-0.1, -0.05) is 31.4 Å². The van der Waals surface area contributed by atoms with Gasteiger partial charge in [0.2, 0.25) is 17.7 Å². The molecule has 8 heteroatoms. The summed E-state index contributed by atoms with van der Waals surface area (Å²) >= 11 is 0. The molecular formula is C24H36N4O4. The summed E-state index contributed by atoms with van der Waals surface area (Å²) in [6, 6.07) is 5.68. The summed E-state index contributed by atoms with van der Waals surface area (Å²) in [7, 11) is 3.28. The zero-order valence-corrected chi connectivity index (χ0v) is 19.4. The highest BCUT2D eigenvalue weighted by atomic mass is 16.5. The van der Waals surface area contributed by atoms with Crippen LogP contribution in [0.2, 0.25) is 0 Å². The maximum atomic E-state index is 13.7. The second-order valence-electron chi connectivity index (χ2n) is 8.77. The van der Waals surface area contributed by atoms with E-state index in [4.69, 9.17) is 4.74 Å². The lowest BCUT2D eigenvalue weighted by Crippen LogP contribution is -2.57. The van der Waals surface area contributed by atoms with Crippen LogP contribution in [0.3, 0.4) is 0 Å². The summed E-state index contributed by atoms with van der Waals surface area (Å²) in [5, 5.41) is 8.85. The number of ether oxygens (including phenoxy) is 1. The number of likely N-dealkylation sites (N-methyl/N-ethyl adjacent to an activating group) is 1. The van der Waals surface area contributed by atoms with Gasteiger partial charge in [0.1, 0.15) is 17.8 Å². The predicted molar refractivity (Wildman–Crippen MR) is 123 cm³/mol. The Morgan fingerprint density at radius 2 is 1.78 bits per heavy atom. The van der Waals surface area contributed by atoms with Gasteiger partial charge in [-0.25, -0.2) is 0 Å². The van der Waals surface area contributed by atoms with E-state index in [2.05, 4.69) is 16.0 Å². The molecular weight excluding hydrogens is 408 g/mol. The molecule has 1 saturated carbocycles. The first-order valence-corrected chi connectivity index (χ1v) is 11.7. The van der Waals surface area contributed by atoms with Gasteiger partial charge >= 0.3 is 0 Å². The summed E-state index contributed by atoms with van der Waals surface area (Å²) in [6.07, 6.45) is 6.46. The van der Waals surface area contributed by atoms with Crippen LogP contribution in [0, 0.1) is 5.92 Å². The Kier molecular flexibility index (Phi) is 8.50. The third-order valence-electron chi connectivity index (χ3n) is 6.71. The number of benzene rings is 1. The Morgan fingerprint density at radius 1 is 1.06 bits per heavy atom. The van der Waals surface area contributed by atoms with Crippen molar-refractivity contribution in [1.29, 1.82) is 0 Å². The van der Waals surface area contributed by atoms with Crippen LogP contribution < -0.4 is 20.7 Å². The SMILES string of the molecule is CN[C@@H](C)C(=O)N[C@H](C(=O)N1CCC[C@H]1C(=O)Nc1ccccc1OC)C1CCCCC1. The number of amides is 3. The molecule has 1 saturated heterocycles. The molecule has 3 atom stereocenters. The monoisotopic (exact) mass is 444 g/mol. The van der Waals surface area contributed by atoms with Crippen LogP contribution in [0.25, 0.3) is 0 Å². The molecule has 3 rings (SSSR count). The molecule has 0 aromatic heterocycles. The van der Waals surface area contributed by atoms with Crippen molar-refractivity contribution in [3.8, 4) is 5.75 Å². The number of likely N-dealkylation sites (tertiary alicyclic amines) is 1. The van der Waals surface area contributed by atoms with Gasteiger partial charge in [0, 0.05) is 6.54 Å². The third kappa shape index (κ3) is 5.59. The van der Waals surface area contributed by atoms with Crippen LogP contribution in [0.4, 0.5) is 5.69 Å².